The summed E-state index contributed by atoms with van der Waals surface area (Å²) in [5.74, 6) is 0.710. The molecule has 0 fully saturated rings. The summed E-state index contributed by atoms with van der Waals surface area (Å²) in [6.07, 6.45) is -3.95. The molecule has 0 bridgehead atoms. The molecule has 0 aliphatic heterocycles. The van der Waals surface area contributed by atoms with Gasteiger partial charge in [0.1, 0.15) is 37.8 Å². The molecule has 26 heavy (non-hydrogen) atoms. The maximum atomic E-state index is 12.8. The van der Waals surface area contributed by atoms with Crippen LogP contribution in [0.1, 0.15) is 5.56 Å². The molecule has 0 aliphatic carbocycles. The standard InChI is InChI=1S/C17H19F4N3OS/c18-13-2-4-15(5-3-13)26-11-14(25)10-22-7-8-23-16-6-1-12(9-24-16)17(19,20)21/h1-6,9,14,22,25H,7-8,10-11H2,(H,23,24)/p+2/t14-/m1/s1. The van der Waals surface area contributed by atoms with E-state index in [0.29, 0.717) is 31.2 Å². The Kier molecular flexibility index (Phi) is 7.67. The monoisotopic (exact) mass is 391 g/mol. The van der Waals surface area contributed by atoms with Gasteiger partial charge in [0, 0.05) is 16.7 Å². The van der Waals surface area contributed by atoms with Crippen molar-refractivity contribution in [3.63, 3.8) is 0 Å². The maximum absolute atomic E-state index is 12.8. The first-order valence-electron chi connectivity index (χ1n) is 8.05. The summed E-state index contributed by atoms with van der Waals surface area (Å²) < 4.78 is 50.1. The second-order valence-corrected chi connectivity index (χ2v) is 6.74. The summed E-state index contributed by atoms with van der Waals surface area (Å²) in [6, 6.07) is 8.45. The molecule has 0 saturated carbocycles. The van der Waals surface area contributed by atoms with Crippen LogP contribution in [-0.4, -0.2) is 36.6 Å². The molecule has 1 aromatic heterocycles. The van der Waals surface area contributed by atoms with Crippen molar-refractivity contribution in [2.75, 3.05) is 30.7 Å². The lowest BCUT2D eigenvalue weighted by Gasteiger charge is -2.09. The summed E-state index contributed by atoms with van der Waals surface area (Å²) >= 11 is 1.45. The van der Waals surface area contributed by atoms with Gasteiger partial charge in [-0.1, -0.05) is 0 Å². The molecule has 1 atom stereocenters. The van der Waals surface area contributed by atoms with E-state index in [4.69, 9.17) is 0 Å². The van der Waals surface area contributed by atoms with Gasteiger partial charge in [-0.2, -0.15) is 13.2 Å². The number of hydrogen-bond acceptors (Lipinski definition) is 3. The number of aliphatic hydroxyl groups is 1. The number of quaternary nitrogens is 1. The van der Waals surface area contributed by atoms with Crippen molar-refractivity contribution in [3.8, 4) is 0 Å². The van der Waals surface area contributed by atoms with Crippen molar-refractivity contribution >= 4 is 17.6 Å². The lowest BCUT2D eigenvalue weighted by molar-refractivity contribution is -0.657. The molecule has 5 N–H and O–H groups in total. The van der Waals surface area contributed by atoms with Crippen molar-refractivity contribution in [3.05, 3.63) is 54.0 Å². The number of aromatic nitrogens is 1. The average Bonchev–Trinajstić information content (AvgIpc) is 2.60. The Balaban J connectivity index is 1.59. The summed E-state index contributed by atoms with van der Waals surface area (Å²) in [5, 5.41) is 14.8. The van der Waals surface area contributed by atoms with E-state index < -0.39 is 17.8 Å². The third kappa shape index (κ3) is 7.19. The van der Waals surface area contributed by atoms with Gasteiger partial charge in [0.2, 0.25) is 0 Å². The number of nitrogens with one attached hydrogen (secondary N) is 2. The molecule has 0 saturated heterocycles. The molecule has 4 nitrogen and oxygen atoms in total. The maximum Gasteiger partial charge on any atom is 0.419 e. The van der Waals surface area contributed by atoms with Crippen LogP contribution in [0.25, 0.3) is 0 Å². The molecule has 142 valence electrons. The van der Waals surface area contributed by atoms with Crippen LogP contribution in [0.5, 0.6) is 0 Å². The molecule has 0 aliphatic rings. The molecule has 2 rings (SSSR count). The Morgan fingerprint density at radius 3 is 2.50 bits per heavy atom. The van der Waals surface area contributed by atoms with Gasteiger partial charge in [0.05, 0.1) is 5.56 Å². The zero-order valence-electron chi connectivity index (χ0n) is 13.9. The number of halogens is 4. The number of nitrogens with two attached hydrogens (primary N) is 1. The first-order chi connectivity index (χ1) is 12.3. The highest BCUT2D eigenvalue weighted by atomic mass is 32.2. The number of rotatable bonds is 9. The van der Waals surface area contributed by atoms with Gasteiger partial charge in [0.15, 0.2) is 0 Å². The van der Waals surface area contributed by atoms with Gasteiger partial charge in [-0.15, -0.1) is 11.8 Å². The number of aromatic amines is 1. The van der Waals surface area contributed by atoms with Gasteiger partial charge < -0.3 is 10.4 Å². The molecule has 0 radical (unpaired) electrons. The Labute approximate surface area is 153 Å². The first kappa shape index (κ1) is 20.5. The smallest absolute Gasteiger partial charge is 0.386 e. The first-order valence-corrected chi connectivity index (χ1v) is 9.04. The van der Waals surface area contributed by atoms with Gasteiger partial charge in [-0.25, -0.2) is 9.37 Å². The minimum atomic E-state index is -4.36. The van der Waals surface area contributed by atoms with Crippen LogP contribution >= 0.6 is 11.8 Å². The lowest BCUT2D eigenvalue weighted by atomic mass is 10.3. The van der Waals surface area contributed by atoms with Crippen LogP contribution < -0.4 is 15.6 Å². The highest BCUT2D eigenvalue weighted by molar-refractivity contribution is 7.99. The number of alkyl halides is 3. The van der Waals surface area contributed by atoms with E-state index in [9.17, 15) is 22.7 Å². The van der Waals surface area contributed by atoms with E-state index in [1.165, 1.54) is 30.0 Å². The summed E-state index contributed by atoms with van der Waals surface area (Å²) in [6.45, 7) is 1.71. The third-order valence-corrected chi connectivity index (χ3v) is 4.66. The van der Waals surface area contributed by atoms with Crippen molar-refractivity contribution < 1.29 is 33.0 Å². The predicted octanol–water partition coefficient (Wildman–Crippen LogP) is 1.79. The minimum absolute atomic E-state index is 0.291. The van der Waals surface area contributed by atoms with Crippen LogP contribution in [0.2, 0.25) is 0 Å². The van der Waals surface area contributed by atoms with Crippen molar-refractivity contribution in [2.24, 2.45) is 0 Å². The van der Waals surface area contributed by atoms with E-state index in [-0.39, 0.29) is 5.82 Å². The van der Waals surface area contributed by atoms with E-state index in [1.54, 1.807) is 12.1 Å². The summed E-state index contributed by atoms with van der Waals surface area (Å²) in [4.78, 5) is 3.45. The highest BCUT2D eigenvalue weighted by Gasteiger charge is 2.31. The normalized spacial score (nSPS) is 12.8. The fraction of sp³-hybridized carbons (Fsp3) is 0.353. The zero-order valence-corrected chi connectivity index (χ0v) is 14.7. The highest BCUT2D eigenvalue weighted by Crippen LogP contribution is 2.27. The third-order valence-electron chi connectivity index (χ3n) is 3.50. The van der Waals surface area contributed by atoms with E-state index in [1.807, 2.05) is 5.32 Å². The van der Waals surface area contributed by atoms with Crippen LogP contribution in [0.3, 0.4) is 0 Å². The predicted molar refractivity (Wildman–Crippen MR) is 91.3 cm³/mol. The molecule has 2 aromatic rings. The van der Waals surface area contributed by atoms with Crippen molar-refractivity contribution in [2.45, 2.75) is 17.2 Å². The second-order valence-electron chi connectivity index (χ2n) is 5.65. The second kappa shape index (κ2) is 9.75. The summed E-state index contributed by atoms with van der Waals surface area (Å²) in [5.41, 5.74) is -0.726. The molecule has 9 heteroatoms. The van der Waals surface area contributed by atoms with E-state index >= 15 is 0 Å². The largest absolute Gasteiger partial charge is 0.419 e. The van der Waals surface area contributed by atoms with Gasteiger partial charge in [-0.05, 0) is 30.3 Å². The van der Waals surface area contributed by atoms with Gasteiger partial charge >= 0.3 is 6.18 Å². The van der Waals surface area contributed by atoms with E-state index in [2.05, 4.69) is 10.3 Å². The van der Waals surface area contributed by atoms with Crippen LogP contribution in [0.4, 0.5) is 23.4 Å². The number of hydrogen-bond donors (Lipinski definition) is 3. The fourth-order valence-corrected chi connectivity index (χ4v) is 2.97. The van der Waals surface area contributed by atoms with Gasteiger partial charge in [0.25, 0.3) is 5.82 Å². The number of pyridine rings is 1. The SMILES string of the molecule is O[C@H](C[NH2+]CCNc1ccc(C(F)(F)F)c[nH+]1)CSc1ccc(F)cc1. The van der Waals surface area contributed by atoms with Crippen LogP contribution in [-0.2, 0) is 6.18 Å². The number of anilines is 1. The quantitative estimate of drug-likeness (QED) is 0.347. The topological polar surface area (TPSA) is 63.0 Å². The number of aliphatic hydroxyl groups excluding tert-OH is 1. The molecule has 1 aromatic carbocycles. The minimum Gasteiger partial charge on any atom is -0.386 e. The number of H-pyrrole nitrogens is 1. The zero-order chi connectivity index (χ0) is 19.0. The van der Waals surface area contributed by atoms with Crippen LogP contribution in [0, 0.1) is 5.82 Å². The molecule has 0 unspecified atom stereocenters. The molecular formula is C17H21F4N3OS+2. The fourth-order valence-electron chi connectivity index (χ4n) is 2.12. The Morgan fingerprint density at radius 2 is 1.88 bits per heavy atom. The molecule has 0 spiro atoms. The molecule has 0 amide bonds. The summed E-state index contributed by atoms with van der Waals surface area (Å²) in [7, 11) is 0. The lowest BCUT2D eigenvalue weighted by Crippen LogP contribution is -2.87. The van der Waals surface area contributed by atoms with Crippen molar-refractivity contribution in [1.82, 2.24) is 0 Å². The Hall–Kier alpha value is -1.84. The van der Waals surface area contributed by atoms with Crippen molar-refractivity contribution in [1.29, 1.82) is 0 Å². The van der Waals surface area contributed by atoms with E-state index in [0.717, 1.165) is 17.2 Å². The average molecular weight is 391 g/mol. The molecule has 1 heterocycles. The number of benzene rings is 1. The molecular weight excluding hydrogens is 370 g/mol. The number of thioether (sulfide) groups is 1. The van der Waals surface area contributed by atoms with Crippen LogP contribution in [0.15, 0.2) is 47.5 Å². The van der Waals surface area contributed by atoms with Gasteiger partial charge in [-0.3, -0.25) is 5.32 Å². The Bertz CT molecular complexity index is 665. The Morgan fingerprint density at radius 1 is 1.15 bits per heavy atom.